The fraction of sp³-hybridized carbons (Fsp3) is 0.538. The molecule has 104 valence electrons. The number of nitrogens with zero attached hydrogens (tertiary/aromatic N) is 1. The van der Waals surface area contributed by atoms with Crippen molar-refractivity contribution in [2.75, 3.05) is 6.54 Å². The van der Waals surface area contributed by atoms with Gasteiger partial charge in [0.15, 0.2) is 0 Å². The van der Waals surface area contributed by atoms with E-state index in [0.717, 1.165) is 10.9 Å². The lowest BCUT2D eigenvalue weighted by Crippen LogP contribution is -2.50. The minimum atomic E-state index is -0.421. The summed E-state index contributed by atoms with van der Waals surface area (Å²) in [6.45, 7) is 4.71. The lowest BCUT2D eigenvalue weighted by molar-refractivity contribution is -0.124. The Kier molecular flexibility index (Phi) is 4.29. The van der Waals surface area contributed by atoms with Crippen molar-refractivity contribution in [1.29, 1.82) is 0 Å². The van der Waals surface area contributed by atoms with Gasteiger partial charge < -0.3 is 15.2 Å². The molecule has 6 heteroatoms. The van der Waals surface area contributed by atoms with Crippen LogP contribution in [0.3, 0.4) is 0 Å². The first-order chi connectivity index (χ1) is 8.99. The quantitative estimate of drug-likeness (QED) is 0.889. The van der Waals surface area contributed by atoms with Gasteiger partial charge in [-0.1, -0.05) is 0 Å². The van der Waals surface area contributed by atoms with E-state index in [4.69, 9.17) is 0 Å². The second kappa shape index (κ2) is 5.77. The molecular weight excluding hydrogens is 310 g/mol. The van der Waals surface area contributed by atoms with Crippen LogP contribution in [0.4, 0.5) is 0 Å². The number of halogens is 1. The van der Waals surface area contributed by atoms with Gasteiger partial charge in [-0.05, 0) is 48.7 Å². The summed E-state index contributed by atoms with van der Waals surface area (Å²) in [6, 6.07) is 1.54. The molecule has 1 fully saturated rings. The average Bonchev–Trinajstić information content (AvgIpc) is 2.74. The summed E-state index contributed by atoms with van der Waals surface area (Å²) in [5, 5.41) is 5.56. The van der Waals surface area contributed by atoms with Crippen molar-refractivity contribution in [2.24, 2.45) is 0 Å². The molecule has 2 heterocycles. The van der Waals surface area contributed by atoms with Gasteiger partial charge in [-0.25, -0.2) is 0 Å². The van der Waals surface area contributed by atoms with Crippen molar-refractivity contribution < 1.29 is 9.59 Å². The molecule has 1 saturated heterocycles. The Morgan fingerprint density at radius 2 is 2.32 bits per heavy atom. The Morgan fingerprint density at radius 3 is 2.95 bits per heavy atom. The number of nitrogens with one attached hydrogen (secondary N) is 2. The number of carbonyl (C=O) groups excluding carboxylic acids is 2. The minimum Gasteiger partial charge on any atom is -0.354 e. The van der Waals surface area contributed by atoms with Crippen molar-refractivity contribution in [2.45, 2.75) is 38.8 Å². The zero-order valence-electron chi connectivity index (χ0n) is 11.1. The third-order valence-corrected chi connectivity index (χ3v) is 3.63. The van der Waals surface area contributed by atoms with Crippen LogP contribution in [0.2, 0.25) is 0 Å². The van der Waals surface area contributed by atoms with Gasteiger partial charge in [-0.2, -0.15) is 0 Å². The molecule has 0 spiro atoms. The summed E-state index contributed by atoms with van der Waals surface area (Å²) < 4.78 is 2.75. The van der Waals surface area contributed by atoms with E-state index in [-0.39, 0.29) is 17.9 Å². The Hall–Kier alpha value is -1.30. The van der Waals surface area contributed by atoms with Crippen LogP contribution in [0, 0.1) is 0 Å². The van der Waals surface area contributed by atoms with Crippen molar-refractivity contribution in [3.8, 4) is 0 Å². The zero-order chi connectivity index (χ0) is 14.0. The van der Waals surface area contributed by atoms with Crippen molar-refractivity contribution >= 4 is 27.7 Å². The molecule has 1 aromatic rings. The van der Waals surface area contributed by atoms with Crippen molar-refractivity contribution in [3.05, 3.63) is 22.4 Å². The SMILES string of the molecule is CC(C)n1cc(Br)cc1C(=O)NC1CCCNC1=O. The highest BCUT2D eigenvalue weighted by molar-refractivity contribution is 9.10. The molecule has 19 heavy (non-hydrogen) atoms. The van der Waals surface area contributed by atoms with Gasteiger partial charge in [0.1, 0.15) is 11.7 Å². The van der Waals surface area contributed by atoms with Crippen molar-refractivity contribution in [3.63, 3.8) is 0 Å². The fourth-order valence-corrected chi connectivity index (χ4v) is 2.63. The van der Waals surface area contributed by atoms with E-state index in [2.05, 4.69) is 26.6 Å². The molecule has 0 aliphatic carbocycles. The molecule has 0 radical (unpaired) electrons. The van der Waals surface area contributed by atoms with Crippen LogP contribution in [0.25, 0.3) is 0 Å². The Bertz CT molecular complexity index is 496. The van der Waals surface area contributed by atoms with E-state index >= 15 is 0 Å². The lowest BCUT2D eigenvalue weighted by Gasteiger charge is -2.23. The monoisotopic (exact) mass is 327 g/mol. The van der Waals surface area contributed by atoms with Gasteiger partial charge in [0.2, 0.25) is 5.91 Å². The predicted molar refractivity (Wildman–Crippen MR) is 76.0 cm³/mol. The van der Waals surface area contributed by atoms with Gasteiger partial charge in [-0.15, -0.1) is 0 Å². The van der Waals surface area contributed by atoms with E-state index in [1.165, 1.54) is 0 Å². The van der Waals surface area contributed by atoms with Crippen LogP contribution in [-0.2, 0) is 4.79 Å². The third-order valence-electron chi connectivity index (χ3n) is 3.19. The van der Waals surface area contributed by atoms with Crippen LogP contribution < -0.4 is 10.6 Å². The van der Waals surface area contributed by atoms with Crippen LogP contribution in [0.15, 0.2) is 16.7 Å². The molecule has 1 aliphatic heterocycles. The zero-order valence-corrected chi connectivity index (χ0v) is 12.7. The molecule has 2 N–H and O–H groups in total. The maximum absolute atomic E-state index is 12.3. The number of hydrogen-bond donors (Lipinski definition) is 2. The molecule has 0 aromatic carbocycles. The maximum atomic E-state index is 12.3. The number of amides is 2. The minimum absolute atomic E-state index is 0.0960. The highest BCUT2D eigenvalue weighted by Gasteiger charge is 2.25. The summed E-state index contributed by atoms with van der Waals surface area (Å²) in [4.78, 5) is 23.9. The molecule has 5 nitrogen and oxygen atoms in total. The lowest BCUT2D eigenvalue weighted by atomic mass is 10.1. The van der Waals surface area contributed by atoms with E-state index in [1.807, 2.05) is 24.6 Å². The van der Waals surface area contributed by atoms with Crippen LogP contribution >= 0.6 is 15.9 Å². The average molecular weight is 328 g/mol. The highest BCUT2D eigenvalue weighted by atomic mass is 79.9. The smallest absolute Gasteiger partial charge is 0.268 e. The topological polar surface area (TPSA) is 63.1 Å². The molecule has 1 aliphatic rings. The summed E-state index contributed by atoms with van der Waals surface area (Å²) in [5.41, 5.74) is 0.570. The van der Waals surface area contributed by atoms with E-state index in [1.54, 1.807) is 6.07 Å². The van der Waals surface area contributed by atoms with E-state index < -0.39 is 6.04 Å². The number of piperidine rings is 1. The molecule has 0 saturated carbocycles. The third kappa shape index (κ3) is 3.18. The highest BCUT2D eigenvalue weighted by Crippen LogP contribution is 2.19. The van der Waals surface area contributed by atoms with Crippen LogP contribution in [-0.4, -0.2) is 29.0 Å². The van der Waals surface area contributed by atoms with Gasteiger partial charge in [0, 0.05) is 23.3 Å². The Labute approximate surface area is 120 Å². The number of aromatic nitrogens is 1. The first-order valence-corrected chi connectivity index (χ1v) is 7.24. The first-order valence-electron chi connectivity index (χ1n) is 6.45. The maximum Gasteiger partial charge on any atom is 0.268 e. The molecule has 1 aromatic heterocycles. The van der Waals surface area contributed by atoms with Crippen LogP contribution in [0.5, 0.6) is 0 Å². The number of rotatable bonds is 3. The normalized spacial score (nSPS) is 19.4. The summed E-state index contributed by atoms with van der Waals surface area (Å²) in [6.07, 6.45) is 3.47. The molecule has 0 bridgehead atoms. The van der Waals surface area contributed by atoms with Crippen LogP contribution in [0.1, 0.15) is 43.2 Å². The molecule has 1 atom stereocenters. The molecule has 2 amide bonds. The van der Waals surface area contributed by atoms with Gasteiger partial charge in [-0.3, -0.25) is 9.59 Å². The number of carbonyl (C=O) groups is 2. The second-order valence-corrected chi connectivity index (χ2v) is 5.92. The van der Waals surface area contributed by atoms with Crippen molar-refractivity contribution in [1.82, 2.24) is 15.2 Å². The van der Waals surface area contributed by atoms with E-state index in [0.29, 0.717) is 18.7 Å². The van der Waals surface area contributed by atoms with E-state index in [9.17, 15) is 9.59 Å². The van der Waals surface area contributed by atoms with Gasteiger partial charge >= 0.3 is 0 Å². The first kappa shape index (κ1) is 14.1. The van der Waals surface area contributed by atoms with Gasteiger partial charge in [0.05, 0.1) is 0 Å². The summed E-state index contributed by atoms with van der Waals surface area (Å²) >= 11 is 3.38. The summed E-state index contributed by atoms with van der Waals surface area (Å²) in [5.74, 6) is -0.303. The number of hydrogen-bond acceptors (Lipinski definition) is 2. The second-order valence-electron chi connectivity index (χ2n) is 5.00. The largest absolute Gasteiger partial charge is 0.354 e. The molecule has 2 rings (SSSR count). The predicted octanol–water partition coefficient (Wildman–Crippen LogP) is 1.84. The Morgan fingerprint density at radius 1 is 1.58 bits per heavy atom. The standard InChI is InChI=1S/C13H18BrN3O2/c1-8(2)17-7-9(14)6-11(17)13(19)16-10-4-3-5-15-12(10)18/h6-8,10H,3-5H2,1-2H3,(H,15,18)(H,16,19). The fourth-order valence-electron chi connectivity index (χ4n) is 2.20. The Balaban J connectivity index is 2.13. The van der Waals surface area contributed by atoms with Gasteiger partial charge in [0.25, 0.3) is 5.91 Å². The summed E-state index contributed by atoms with van der Waals surface area (Å²) in [7, 11) is 0. The molecular formula is C13H18BrN3O2. The molecule has 1 unspecified atom stereocenters.